The Morgan fingerprint density at radius 3 is 2.50 bits per heavy atom. The van der Waals surface area contributed by atoms with E-state index in [1.807, 2.05) is 31.2 Å². The van der Waals surface area contributed by atoms with Gasteiger partial charge in [-0.3, -0.25) is 4.90 Å². The predicted molar refractivity (Wildman–Crippen MR) is 63.1 cm³/mol. The summed E-state index contributed by atoms with van der Waals surface area (Å²) in [5.74, 6) is 1.79. The zero-order valence-corrected chi connectivity index (χ0v) is 9.70. The molecule has 3 atom stereocenters. The van der Waals surface area contributed by atoms with Gasteiger partial charge in [-0.1, -0.05) is 29.8 Å². The average Bonchev–Trinajstić information content (AvgIpc) is 2.87. The van der Waals surface area contributed by atoms with Crippen molar-refractivity contribution in [3.8, 4) is 0 Å². The summed E-state index contributed by atoms with van der Waals surface area (Å²) in [5.41, 5.74) is 2.02. The molecular weight excluding hydrogens is 201 g/mol. The molecule has 2 fully saturated rings. The maximum absolute atomic E-state index is 14.0. The van der Waals surface area contributed by atoms with E-state index in [2.05, 4.69) is 4.90 Å². The highest BCUT2D eigenvalue weighted by molar-refractivity contribution is 5.23. The van der Waals surface area contributed by atoms with Crippen molar-refractivity contribution in [3.05, 3.63) is 35.4 Å². The largest absolute Gasteiger partial charge is 0.300 e. The van der Waals surface area contributed by atoms with Crippen LogP contribution < -0.4 is 0 Å². The van der Waals surface area contributed by atoms with Crippen molar-refractivity contribution in [2.24, 2.45) is 11.8 Å². The Bertz CT molecular complexity index is 363. The molecule has 2 aliphatic rings. The molecule has 0 N–H and O–H groups in total. The first-order valence-electron chi connectivity index (χ1n) is 6.15. The van der Waals surface area contributed by atoms with E-state index in [-0.39, 0.29) is 0 Å². The van der Waals surface area contributed by atoms with Crippen molar-refractivity contribution in [1.29, 1.82) is 0 Å². The van der Waals surface area contributed by atoms with Crippen LogP contribution in [0.1, 0.15) is 23.7 Å². The van der Waals surface area contributed by atoms with Crippen LogP contribution in [0.3, 0.4) is 0 Å². The lowest BCUT2D eigenvalue weighted by Crippen LogP contribution is -2.26. The molecule has 1 aliphatic heterocycles. The highest BCUT2D eigenvalue weighted by Gasteiger charge is 2.45. The molecule has 1 nitrogen and oxygen atoms in total. The standard InChI is InChI=1S/C14H18FN/c1-10-2-4-11(5-3-10)14(15)9-16-7-12-6-13(12)8-16/h2-5,12-14H,6-9H2,1H3. The quantitative estimate of drug-likeness (QED) is 0.755. The van der Waals surface area contributed by atoms with Gasteiger partial charge in [0.05, 0.1) is 0 Å². The predicted octanol–water partition coefficient (Wildman–Crippen LogP) is 2.96. The van der Waals surface area contributed by atoms with Gasteiger partial charge in [-0.05, 0) is 30.7 Å². The number of fused-ring (bicyclic) bond motifs is 1. The smallest absolute Gasteiger partial charge is 0.138 e. The van der Waals surface area contributed by atoms with Crippen LogP contribution in [0.5, 0.6) is 0 Å². The minimum absolute atomic E-state index is 0.579. The van der Waals surface area contributed by atoms with Gasteiger partial charge in [0, 0.05) is 19.6 Å². The topological polar surface area (TPSA) is 3.24 Å². The molecule has 2 heteroatoms. The van der Waals surface area contributed by atoms with Gasteiger partial charge in [0.2, 0.25) is 0 Å². The molecule has 0 amide bonds. The Morgan fingerprint density at radius 1 is 1.25 bits per heavy atom. The Kier molecular flexibility index (Phi) is 2.47. The number of rotatable bonds is 3. The minimum Gasteiger partial charge on any atom is -0.300 e. The van der Waals surface area contributed by atoms with Crippen LogP contribution in [0.25, 0.3) is 0 Å². The van der Waals surface area contributed by atoms with Gasteiger partial charge >= 0.3 is 0 Å². The van der Waals surface area contributed by atoms with Gasteiger partial charge in [0.25, 0.3) is 0 Å². The van der Waals surface area contributed by atoms with Crippen LogP contribution in [0.4, 0.5) is 4.39 Å². The highest BCUT2D eigenvalue weighted by atomic mass is 19.1. The van der Waals surface area contributed by atoms with E-state index in [1.165, 1.54) is 12.0 Å². The van der Waals surface area contributed by atoms with E-state index in [0.717, 1.165) is 30.5 Å². The van der Waals surface area contributed by atoms with Gasteiger partial charge in [-0.25, -0.2) is 4.39 Å². The third kappa shape index (κ3) is 1.99. The SMILES string of the molecule is Cc1ccc(C(F)CN2CC3CC3C2)cc1. The molecule has 1 saturated carbocycles. The second kappa shape index (κ2) is 3.85. The number of hydrogen-bond acceptors (Lipinski definition) is 1. The fraction of sp³-hybridized carbons (Fsp3) is 0.571. The fourth-order valence-corrected chi connectivity index (χ4v) is 2.75. The number of benzene rings is 1. The number of piperidine rings is 1. The van der Waals surface area contributed by atoms with E-state index in [4.69, 9.17) is 0 Å². The molecule has 16 heavy (non-hydrogen) atoms. The van der Waals surface area contributed by atoms with Crippen LogP contribution in [-0.2, 0) is 0 Å². The van der Waals surface area contributed by atoms with Crippen molar-refractivity contribution in [2.75, 3.05) is 19.6 Å². The molecule has 0 aromatic heterocycles. The van der Waals surface area contributed by atoms with Crippen molar-refractivity contribution in [3.63, 3.8) is 0 Å². The Labute approximate surface area is 96.3 Å². The minimum atomic E-state index is -0.821. The first kappa shape index (κ1) is 10.3. The van der Waals surface area contributed by atoms with Gasteiger partial charge in [0.1, 0.15) is 6.17 Å². The van der Waals surface area contributed by atoms with E-state index in [1.54, 1.807) is 0 Å². The third-order valence-corrected chi connectivity index (χ3v) is 3.91. The zero-order valence-electron chi connectivity index (χ0n) is 9.70. The Balaban J connectivity index is 1.60. The summed E-state index contributed by atoms with van der Waals surface area (Å²) in [6.45, 7) is 4.86. The average molecular weight is 219 g/mol. The molecule has 1 aliphatic carbocycles. The molecule has 0 bridgehead atoms. The number of halogens is 1. The summed E-state index contributed by atoms with van der Waals surface area (Å²) in [6, 6.07) is 7.81. The van der Waals surface area contributed by atoms with E-state index >= 15 is 0 Å². The Hall–Kier alpha value is -0.890. The monoisotopic (exact) mass is 219 g/mol. The number of nitrogens with zero attached hydrogens (tertiary/aromatic N) is 1. The molecule has 3 rings (SSSR count). The molecule has 1 saturated heterocycles. The van der Waals surface area contributed by atoms with Crippen LogP contribution in [0.2, 0.25) is 0 Å². The van der Waals surface area contributed by atoms with Crippen LogP contribution >= 0.6 is 0 Å². The number of aryl methyl sites for hydroxylation is 1. The first-order valence-corrected chi connectivity index (χ1v) is 6.15. The second-order valence-electron chi connectivity index (χ2n) is 5.35. The molecule has 1 aromatic carbocycles. The van der Waals surface area contributed by atoms with Crippen LogP contribution in [0.15, 0.2) is 24.3 Å². The normalized spacial score (nSPS) is 30.1. The summed E-state index contributed by atoms with van der Waals surface area (Å²) in [7, 11) is 0. The van der Waals surface area contributed by atoms with Crippen LogP contribution in [0, 0.1) is 18.8 Å². The zero-order chi connectivity index (χ0) is 11.1. The number of alkyl halides is 1. The third-order valence-electron chi connectivity index (χ3n) is 3.91. The maximum Gasteiger partial charge on any atom is 0.138 e. The lowest BCUT2D eigenvalue weighted by molar-refractivity contribution is 0.208. The van der Waals surface area contributed by atoms with Crippen molar-refractivity contribution >= 4 is 0 Å². The molecular formula is C14H18FN. The highest BCUT2D eigenvalue weighted by Crippen LogP contribution is 2.45. The summed E-state index contributed by atoms with van der Waals surface area (Å²) in [4.78, 5) is 2.28. The second-order valence-corrected chi connectivity index (χ2v) is 5.35. The molecule has 3 unspecified atom stereocenters. The molecule has 86 valence electrons. The van der Waals surface area contributed by atoms with Gasteiger partial charge in [-0.15, -0.1) is 0 Å². The summed E-state index contributed by atoms with van der Waals surface area (Å²) in [5, 5.41) is 0. The van der Waals surface area contributed by atoms with Crippen molar-refractivity contribution in [1.82, 2.24) is 4.90 Å². The first-order chi connectivity index (χ1) is 7.72. The van der Waals surface area contributed by atoms with Crippen LogP contribution in [-0.4, -0.2) is 24.5 Å². The number of likely N-dealkylation sites (tertiary alicyclic amines) is 1. The van der Waals surface area contributed by atoms with Gasteiger partial charge < -0.3 is 0 Å². The lowest BCUT2D eigenvalue weighted by atomic mass is 10.1. The van der Waals surface area contributed by atoms with E-state index < -0.39 is 6.17 Å². The molecule has 0 radical (unpaired) electrons. The fourth-order valence-electron chi connectivity index (χ4n) is 2.75. The Morgan fingerprint density at radius 2 is 1.88 bits per heavy atom. The lowest BCUT2D eigenvalue weighted by Gasteiger charge is -2.20. The molecule has 1 aromatic rings. The van der Waals surface area contributed by atoms with Gasteiger partial charge in [-0.2, -0.15) is 0 Å². The van der Waals surface area contributed by atoms with E-state index in [9.17, 15) is 4.39 Å². The van der Waals surface area contributed by atoms with Crippen molar-refractivity contribution < 1.29 is 4.39 Å². The maximum atomic E-state index is 14.0. The summed E-state index contributed by atoms with van der Waals surface area (Å²) in [6.07, 6.45) is 0.566. The molecule has 0 spiro atoms. The van der Waals surface area contributed by atoms with Gasteiger partial charge in [0.15, 0.2) is 0 Å². The van der Waals surface area contributed by atoms with E-state index in [0.29, 0.717) is 6.54 Å². The molecule has 1 heterocycles. The van der Waals surface area contributed by atoms with Crippen molar-refractivity contribution in [2.45, 2.75) is 19.5 Å². The summed E-state index contributed by atoms with van der Waals surface area (Å²) < 4.78 is 14.0. The summed E-state index contributed by atoms with van der Waals surface area (Å²) >= 11 is 0. The number of hydrogen-bond donors (Lipinski definition) is 0.